The van der Waals surface area contributed by atoms with Gasteiger partial charge in [0, 0.05) is 38.1 Å². The van der Waals surface area contributed by atoms with Gasteiger partial charge in [0.25, 0.3) is 6.71 Å². The number of hydrogen-bond acceptors (Lipinski definition) is 3. The van der Waals surface area contributed by atoms with Crippen molar-refractivity contribution in [2.24, 2.45) is 0 Å². The van der Waals surface area contributed by atoms with Crippen LogP contribution in [0.15, 0.2) is 97.1 Å². The molecule has 1 aromatic heterocycles. The Hall–Kier alpha value is -4.28. The van der Waals surface area contributed by atoms with E-state index in [4.69, 9.17) is 0 Å². The van der Waals surface area contributed by atoms with E-state index in [1.807, 2.05) is 0 Å². The van der Waals surface area contributed by atoms with E-state index < -0.39 is 0 Å². The van der Waals surface area contributed by atoms with Gasteiger partial charge in [-0.15, -0.1) is 0 Å². The minimum atomic E-state index is 0.0257. The molecule has 53 heavy (non-hydrogen) atoms. The lowest BCUT2D eigenvalue weighted by Gasteiger charge is -2.45. The summed E-state index contributed by atoms with van der Waals surface area (Å²) in [4.78, 5) is 6.83. The van der Waals surface area contributed by atoms with Crippen molar-refractivity contribution in [2.45, 2.75) is 111 Å². The van der Waals surface area contributed by atoms with Crippen LogP contribution in [0.3, 0.4) is 0 Å². The molecule has 1 aliphatic carbocycles. The first-order valence-corrected chi connectivity index (χ1v) is 20.4. The molecule has 4 heteroatoms. The minimum Gasteiger partial charge on any atom is -0.311 e. The number of thiophene rings is 1. The monoisotopic (exact) mass is 712 g/mol. The summed E-state index contributed by atoms with van der Waals surface area (Å²) in [5.41, 5.74) is 16.5. The molecule has 2 aliphatic heterocycles. The highest BCUT2D eigenvalue weighted by atomic mass is 32.1. The molecule has 2 nitrogen and oxygen atoms in total. The molecule has 0 N–H and O–H groups in total. The Morgan fingerprint density at radius 3 is 1.89 bits per heavy atom. The van der Waals surface area contributed by atoms with Crippen LogP contribution in [-0.2, 0) is 21.7 Å². The van der Waals surface area contributed by atoms with Gasteiger partial charge in [0.1, 0.15) is 0 Å². The highest BCUT2D eigenvalue weighted by Gasteiger charge is 2.50. The fourth-order valence-electron chi connectivity index (χ4n) is 9.36. The molecule has 0 unspecified atom stereocenters. The summed E-state index contributed by atoms with van der Waals surface area (Å²) in [6, 6.07) is 37.6. The number of fused-ring (bicyclic) bond motifs is 7. The lowest BCUT2D eigenvalue weighted by atomic mass is 9.35. The number of benzene rings is 5. The number of hydrogen-bond donors (Lipinski definition) is 0. The van der Waals surface area contributed by atoms with Gasteiger partial charge in [-0.05, 0) is 128 Å². The first kappa shape index (κ1) is 34.5. The second kappa shape index (κ2) is 11.4. The molecule has 0 bridgehead atoms. The number of aryl methyl sites for hydroxylation is 1. The molecule has 0 saturated heterocycles. The lowest BCUT2D eigenvalue weighted by Crippen LogP contribution is -2.61. The standard InChI is InChI=1S/C49H53BN2S/c1-30-26-39-42-40(27-30)52(36-20-16-31-14-12-13-15-32(31)28-36)43-41-44(49(10,11)25-24-48(41,8)9)53-45(43)50(42)37-29-34(47(5,6)7)19-23-38(37)51(39)35-21-17-33(18-22-35)46(2,3)4/h12-23,26-29H,24-25H2,1-11H3. The molecule has 6 aromatic rings. The SMILES string of the molecule is Cc1cc2c3c(c1)N(c1ccc4ccccc4c1)c1c(sc4c1C(C)(C)CCC4(C)C)B3c1cc(C(C)(C)C)ccc1N2c1ccc(C(C)(C)C)cc1. The molecule has 0 amide bonds. The zero-order chi connectivity index (χ0) is 37.4. The maximum absolute atomic E-state index is 2.68. The molecule has 0 saturated carbocycles. The summed E-state index contributed by atoms with van der Waals surface area (Å²) in [5, 5.41) is 2.56. The quantitative estimate of drug-likeness (QED) is 0.165. The van der Waals surface area contributed by atoms with Crippen LogP contribution >= 0.6 is 11.3 Å². The lowest BCUT2D eigenvalue weighted by molar-refractivity contribution is 0.339. The van der Waals surface area contributed by atoms with Crippen molar-refractivity contribution in [3.8, 4) is 0 Å². The predicted molar refractivity (Wildman–Crippen MR) is 233 cm³/mol. The topological polar surface area (TPSA) is 6.48 Å². The maximum Gasteiger partial charge on any atom is 0.264 e. The van der Waals surface area contributed by atoms with Crippen molar-refractivity contribution >= 4 is 78.6 Å². The molecule has 0 atom stereocenters. The molecule has 3 aliphatic rings. The van der Waals surface area contributed by atoms with Gasteiger partial charge >= 0.3 is 0 Å². The van der Waals surface area contributed by atoms with Crippen LogP contribution in [0, 0.1) is 6.92 Å². The zero-order valence-corrected chi connectivity index (χ0v) is 34.3. The van der Waals surface area contributed by atoms with Crippen LogP contribution in [0.5, 0.6) is 0 Å². The average molecular weight is 713 g/mol. The second-order valence-corrected chi connectivity index (χ2v) is 20.5. The first-order valence-electron chi connectivity index (χ1n) is 19.6. The van der Waals surface area contributed by atoms with Gasteiger partial charge in [-0.25, -0.2) is 0 Å². The number of rotatable bonds is 2. The van der Waals surface area contributed by atoms with Gasteiger partial charge in [0.2, 0.25) is 0 Å². The van der Waals surface area contributed by atoms with E-state index in [0.29, 0.717) is 0 Å². The zero-order valence-electron chi connectivity index (χ0n) is 33.5. The Bertz CT molecular complexity index is 2450. The number of nitrogens with zero attached hydrogens (tertiary/aromatic N) is 2. The Kier molecular flexibility index (Phi) is 7.40. The van der Waals surface area contributed by atoms with Crippen molar-refractivity contribution < 1.29 is 0 Å². The van der Waals surface area contributed by atoms with E-state index >= 15 is 0 Å². The molecule has 0 radical (unpaired) electrons. The summed E-state index contributed by atoms with van der Waals surface area (Å²) in [6.45, 7) is 26.4. The number of anilines is 6. The molecule has 5 aromatic carbocycles. The van der Waals surface area contributed by atoms with Gasteiger partial charge in [-0.1, -0.05) is 124 Å². The van der Waals surface area contributed by atoms with Crippen molar-refractivity contribution in [2.75, 3.05) is 9.80 Å². The van der Waals surface area contributed by atoms with Crippen LogP contribution in [0.2, 0.25) is 0 Å². The van der Waals surface area contributed by atoms with Crippen LogP contribution < -0.4 is 25.5 Å². The summed E-state index contributed by atoms with van der Waals surface area (Å²) in [5.74, 6) is 0. The second-order valence-electron chi connectivity index (χ2n) is 19.5. The van der Waals surface area contributed by atoms with E-state index in [9.17, 15) is 0 Å². The van der Waals surface area contributed by atoms with Gasteiger partial charge in [-0.2, -0.15) is 11.3 Å². The summed E-state index contributed by atoms with van der Waals surface area (Å²) in [6.07, 6.45) is 2.38. The Balaban J connectivity index is 1.41. The van der Waals surface area contributed by atoms with Gasteiger partial charge < -0.3 is 9.80 Å². The Labute approximate surface area is 322 Å². The minimum absolute atomic E-state index is 0.0257. The first-order chi connectivity index (χ1) is 24.9. The molecule has 0 fully saturated rings. The van der Waals surface area contributed by atoms with Crippen molar-refractivity contribution in [3.05, 3.63) is 124 Å². The van der Waals surface area contributed by atoms with Crippen LogP contribution in [0.1, 0.15) is 109 Å². The van der Waals surface area contributed by atoms with Gasteiger partial charge in [-0.3, -0.25) is 0 Å². The third-order valence-electron chi connectivity index (χ3n) is 12.5. The van der Waals surface area contributed by atoms with E-state index in [0.717, 1.165) is 0 Å². The van der Waals surface area contributed by atoms with E-state index in [1.54, 1.807) is 10.4 Å². The smallest absolute Gasteiger partial charge is 0.264 e. The third kappa shape index (κ3) is 5.26. The van der Waals surface area contributed by atoms with E-state index in [-0.39, 0.29) is 28.4 Å². The van der Waals surface area contributed by atoms with Crippen molar-refractivity contribution in [1.29, 1.82) is 0 Å². The molecule has 3 heterocycles. The van der Waals surface area contributed by atoms with Gasteiger partial charge in [0.05, 0.1) is 5.69 Å². The highest BCUT2D eigenvalue weighted by Crippen LogP contribution is 2.56. The highest BCUT2D eigenvalue weighted by molar-refractivity contribution is 7.29. The van der Waals surface area contributed by atoms with Crippen molar-refractivity contribution in [3.63, 3.8) is 0 Å². The molecule has 9 rings (SSSR count). The van der Waals surface area contributed by atoms with Crippen LogP contribution in [0.25, 0.3) is 10.8 Å². The van der Waals surface area contributed by atoms with E-state index in [1.165, 1.54) is 90.1 Å². The molecular formula is C49H53BN2S. The molecular weight excluding hydrogens is 659 g/mol. The third-order valence-corrected chi connectivity index (χ3v) is 14.2. The normalized spacial score (nSPS) is 17.0. The fraction of sp³-hybridized carbons (Fsp3) is 0.347. The van der Waals surface area contributed by atoms with Crippen molar-refractivity contribution in [1.82, 2.24) is 0 Å². The Morgan fingerprint density at radius 2 is 1.21 bits per heavy atom. The largest absolute Gasteiger partial charge is 0.311 e. The summed E-state index contributed by atoms with van der Waals surface area (Å²) < 4.78 is 1.50. The maximum atomic E-state index is 2.68. The molecule has 0 spiro atoms. The van der Waals surface area contributed by atoms with Gasteiger partial charge in [0.15, 0.2) is 0 Å². The summed E-state index contributed by atoms with van der Waals surface area (Å²) >= 11 is 2.11. The van der Waals surface area contributed by atoms with Crippen LogP contribution in [-0.4, -0.2) is 6.71 Å². The van der Waals surface area contributed by atoms with Crippen LogP contribution in [0.4, 0.5) is 34.1 Å². The average Bonchev–Trinajstić information content (AvgIpc) is 3.52. The predicted octanol–water partition coefficient (Wildman–Crippen LogP) is 12.2. The Morgan fingerprint density at radius 1 is 0.604 bits per heavy atom. The summed E-state index contributed by atoms with van der Waals surface area (Å²) in [7, 11) is 0. The molecule has 268 valence electrons. The van der Waals surface area contributed by atoms with E-state index in [2.05, 4.69) is 194 Å². The fourth-order valence-corrected chi connectivity index (χ4v) is 11.1.